The summed E-state index contributed by atoms with van der Waals surface area (Å²) in [6.45, 7) is 5.18. The number of hydrazine groups is 1. The van der Waals surface area contributed by atoms with Crippen LogP contribution in [0.15, 0.2) is 24.3 Å². The first kappa shape index (κ1) is 18.2. The Hall–Kier alpha value is -2.12. The molecule has 1 aromatic carbocycles. The molecule has 1 fully saturated rings. The summed E-state index contributed by atoms with van der Waals surface area (Å²) in [5.41, 5.74) is 3.28. The van der Waals surface area contributed by atoms with Gasteiger partial charge in [-0.2, -0.15) is 0 Å². The Labute approximate surface area is 142 Å². The fourth-order valence-electron chi connectivity index (χ4n) is 2.90. The van der Waals surface area contributed by atoms with Crippen molar-refractivity contribution in [2.75, 3.05) is 33.3 Å². The number of methoxy groups -OCH3 is 1. The molecule has 7 nitrogen and oxygen atoms in total. The van der Waals surface area contributed by atoms with Gasteiger partial charge in [0.25, 0.3) is 0 Å². The molecule has 1 aliphatic rings. The van der Waals surface area contributed by atoms with E-state index >= 15 is 0 Å². The second-order valence-corrected chi connectivity index (χ2v) is 5.93. The molecule has 3 N–H and O–H groups in total. The molecule has 0 radical (unpaired) electrons. The lowest BCUT2D eigenvalue weighted by Crippen LogP contribution is -2.49. The summed E-state index contributed by atoms with van der Waals surface area (Å²) in [7, 11) is 1.66. The first-order valence-corrected chi connectivity index (χ1v) is 8.20. The predicted molar refractivity (Wildman–Crippen MR) is 91.1 cm³/mol. The highest BCUT2D eigenvalue weighted by molar-refractivity contribution is 5.83. The van der Waals surface area contributed by atoms with Crippen molar-refractivity contribution >= 4 is 11.8 Å². The lowest BCUT2D eigenvalue weighted by Gasteiger charge is -2.38. The van der Waals surface area contributed by atoms with Crippen LogP contribution in [0.3, 0.4) is 0 Å². The summed E-state index contributed by atoms with van der Waals surface area (Å²) in [5, 5.41) is 0. The van der Waals surface area contributed by atoms with Crippen LogP contribution in [0.2, 0.25) is 0 Å². The Morgan fingerprint density at radius 3 is 2.33 bits per heavy atom. The second kappa shape index (κ2) is 8.65. The molecule has 132 valence electrons. The molecular weight excluding hydrogens is 308 g/mol. The quantitative estimate of drug-likeness (QED) is 0.453. The number of carbonyl (C=O) groups is 2. The van der Waals surface area contributed by atoms with Gasteiger partial charge in [-0.05, 0) is 24.6 Å². The number of ether oxygens (including phenoxy) is 1. The van der Waals surface area contributed by atoms with Crippen LogP contribution in [-0.2, 0) is 9.59 Å². The van der Waals surface area contributed by atoms with Gasteiger partial charge in [-0.15, -0.1) is 0 Å². The summed E-state index contributed by atoms with van der Waals surface area (Å²) in [5.74, 6) is 5.57. The molecule has 0 saturated carbocycles. The Balaban J connectivity index is 1.82. The van der Waals surface area contributed by atoms with Crippen LogP contribution < -0.4 is 16.0 Å². The maximum Gasteiger partial charge on any atom is 0.234 e. The van der Waals surface area contributed by atoms with Gasteiger partial charge >= 0.3 is 0 Å². The van der Waals surface area contributed by atoms with Gasteiger partial charge in [-0.1, -0.05) is 12.1 Å². The van der Waals surface area contributed by atoms with Crippen LogP contribution in [0.1, 0.15) is 31.4 Å². The average Bonchev–Trinajstić information content (AvgIpc) is 2.65. The number of rotatable bonds is 6. The molecule has 0 aliphatic carbocycles. The van der Waals surface area contributed by atoms with Crippen LogP contribution in [0.4, 0.5) is 0 Å². The van der Waals surface area contributed by atoms with Crippen molar-refractivity contribution < 1.29 is 14.3 Å². The number of carbonyl (C=O) groups excluding carboxylic acids is 2. The highest BCUT2D eigenvalue weighted by Crippen LogP contribution is 2.23. The summed E-state index contributed by atoms with van der Waals surface area (Å²) in [6.07, 6.45) is 0.342. The molecule has 24 heavy (non-hydrogen) atoms. The number of piperazine rings is 1. The molecule has 2 rings (SSSR count). The molecular formula is C17H26N4O3. The van der Waals surface area contributed by atoms with Gasteiger partial charge < -0.3 is 9.64 Å². The Morgan fingerprint density at radius 2 is 1.79 bits per heavy atom. The summed E-state index contributed by atoms with van der Waals surface area (Å²) < 4.78 is 5.19. The van der Waals surface area contributed by atoms with Crippen molar-refractivity contribution in [3.05, 3.63) is 29.8 Å². The monoisotopic (exact) mass is 334 g/mol. The van der Waals surface area contributed by atoms with Gasteiger partial charge in [0.2, 0.25) is 11.8 Å². The topological polar surface area (TPSA) is 87.9 Å². The number of nitrogens with two attached hydrogens (primary N) is 1. The van der Waals surface area contributed by atoms with Gasteiger partial charge in [-0.3, -0.25) is 19.9 Å². The van der Waals surface area contributed by atoms with E-state index in [1.165, 1.54) is 5.56 Å². The van der Waals surface area contributed by atoms with E-state index in [0.29, 0.717) is 13.1 Å². The maximum absolute atomic E-state index is 12.1. The second-order valence-electron chi connectivity index (χ2n) is 5.93. The highest BCUT2D eigenvalue weighted by Gasteiger charge is 2.24. The summed E-state index contributed by atoms with van der Waals surface area (Å²) >= 11 is 0. The van der Waals surface area contributed by atoms with Crippen molar-refractivity contribution in [2.24, 2.45) is 5.84 Å². The minimum Gasteiger partial charge on any atom is -0.497 e. The molecule has 1 aliphatic heterocycles. The van der Waals surface area contributed by atoms with Crippen molar-refractivity contribution in [3.63, 3.8) is 0 Å². The standard InChI is InChI=1S/C17H26N4O3/c1-13(14-3-5-15(24-2)6-4-14)20-9-11-21(12-10-20)17(23)8-7-16(22)19-18/h3-6,13H,7-12,18H2,1-2H3,(H,19,22). The minimum absolute atomic E-state index is 0.00958. The fourth-order valence-corrected chi connectivity index (χ4v) is 2.90. The van der Waals surface area contributed by atoms with Crippen LogP contribution in [0.5, 0.6) is 5.75 Å². The zero-order valence-electron chi connectivity index (χ0n) is 14.3. The van der Waals surface area contributed by atoms with Gasteiger partial charge in [0.15, 0.2) is 0 Å². The molecule has 0 bridgehead atoms. The predicted octanol–water partition coefficient (Wildman–Crippen LogP) is 0.671. The third-order valence-electron chi connectivity index (χ3n) is 4.54. The van der Waals surface area contributed by atoms with Crippen molar-refractivity contribution in [1.29, 1.82) is 0 Å². The van der Waals surface area contributed by atoms with E-state index in [9.17, 15) is 9.59 Å². The molecule has 1 saturated heterocycles. The largest absolute Gasteiger partial charge is 0.497 e. The van der Waals surface area contributed by atoms with Gasteiger partial charge in [-0.25, -0.2) is 5.84 Å². The first-order valence-electron chi connectivity index (χ1n) is 8.20. The number of nitrogens with zero attached hydrogens (tertiary/aromatic N) is 2. The molecule has 1 atom stereocenters. The van der Waals surface area contributed by atoms with Crippen molar-refractivity contribution in [1.82, 2.24) is 15.2 Å². The van der Waals surface area contributed by atoms with Crippen molar-refractivity contribution in [3.8, 4) is 5.75 Å². The average molecular weight is 334 g/mol. The van der Waals surface area contributed by atoms with E-state index in [1.54, 1.807) is 7.11 Å². The van der Waals surface area contributed by atoms with Crippen LogP contribution in [0, 0.1) is 0 Å². The Morgan fingerprint density at radius 1 is 1.17 bits per heavy atom. The lowest BCUT2D eigenvalue weighted by atomic mass is 10.1. The van der Waals surface area contributed by atoms with Gasteiger partial charge in [0, 0.05) is 45.1 Å². The lowest BCUT2D eigenvalue weighted by molar-refractivity contribution is -0.135. The highest BCUT2D eigenvalue weighted by atomic mass is 16.5. The van der Waals surface area contributed by atoms with Gasteiger partial charge in [0.1, 0.15) is 5.75 Å². The summed E-state index contributed by atoms with van der Waals surface area (Å²) in [4.78, 5) is 27.4. The zero-order chi connectivity index (χ0) is 17.5. The third kappa shape index (κ3) is 4.69. The number of hydrogen-bond donors (Lipinski definition) is 2. The van der Waals surface area contributed by atoms with Crippen LogP contribution in [-0.4, -0.2) is 54.9 Å². The zero-order valence-corrected chi connectivity index (χ0v) is 14.3. The SMILES string of the molecule is COc1ccc(C(C)N2CCN(C(=O)CCC(=O)NN)CC2)cc1. The van der Waals surface area contributed by atoms with E-state index in [-0.39, 0.29) is 30.7 Å². The van der Waals surface area contributed by atoms with E-state index in [4.69, 9.17) is 10.6 Å². The van der Waals surface area contributed by atoms with Gasteiger partial charge in [0.05, 0.1) is 7.11 Å². The van der Waals surface area contributed by atoms with Crippen molar-refractivity contribution in [2.45, 2.75) is 25.8 Å². The molecule has 7 heteroatoms. The molecule has 0 spiro atoms. The summed E-state index contributed by atoms with van der Waals surface area (Å²) in [6, 6.07) is 8.37. The normalized spacial score (nSPS) is 16.5. The smallest absolute Gasteiger partial charge is 0.234 e. The van der Waals surface area contributed by atoms with E-state index < -0.39 is 0 Å². The van der Waals surface area contributed by atoms with E-state index in [0.717, 1.165) is 18.8 Å². The third-order valence-corrected chi connectivity index (χ3v) is 4.54. The van der Waals surface area contributed by atoms with E-state index in [2.05, 4.69) is 24.0 Å². The number of hydrogen-bond acceptors (Lipinski definition) is 5. The molecule has 2 amide bonds. The van der Waals surface area contributed by atoms with E-state index in [1.807, 2.05) is 22.5 Å². The Bertz CT molecular complexity index is 553. The number of nitrogens with one attached hydrogen (secondary N) is 1. The fraction of sp³-hybridized carbons (Fsp3) is 0.529. The first-order chi connectivity index (χ1) is 11.5. The maximum atomic E-state index is 12.1. The molecule has 1 aromatic rings. The van der Waals surface area contributed by atoms with Crippen LogP contribution >= 0.6 is 0 Å². The van der Waals surface area contributed by atoms with Crippen LogP contribution in [0.25, 0.3) is 0 Å². The number of amides is 2. The Kier molecular flexibility index (Phi) is 6.57. The molecule has 1 heterocycles. The number of benzene rings is 1. The minimum atomic E-state index is -0.310. The molecule has 1 unspecified atom stereocenters. The molecule has 0 aromatic heterocycles.